The fourth-order valence-electron chi connectivity index (χ4n) is 5.69. The van der Waals surface area contributed by atoms with Crippen molar-refractivity contribution in [3.05, 3.63) is 64.9 Å². The number of nitrogens with zero attached hydrogens (tertiary/aromatic N) is 5. The van der Waals surface area contributed by atoms with Crippen LogP contribution in [0.2, 0.25) is 10.0 Å². The molecule has 2 aromatic heterocycles. The third-order valence-corrected chi connectivity index (χ3v) is 8.32. The van der Waals surface area contributed by atoms with E-state index in [4.69, 9.17) is 28.2 Å². The topological polar surface area (TPSA) is 75.9 Å². The van der Waals surface area contributed by atoms with Gasteiger partial charge in [-0.15, -0.1) is 0 Å². The Kier molecular flexibility index (Phi) is 7.22. The molecule has 0 spiro atoms. The molecule has 7 nitrogen and oxygen atoms in total. The van der Waals surface area contributed by atoms with Crippen LogP contribution in [0.25, 0.3) is 28.2 Å². The molecule has 0 unspecified atom stereocenters. The van der Waals surface area contributed by atoms with E-state index in [0.717, 1.165) is 61.4 Å². The Labute approximate surface area is 232 Å². The van der Waals surface area contributed by atoms with Crippen LogP contribution < -0.4 is 10.2 Å². The number of carbonyl (C=O) groups excluding carboxylic acids is 1. The van der Waals surface area contributed by atoms with Crippen LogP contribution in [0, 0.1) is 5.92 Å². The second-order valence-corrected chi connectivity index (χ2v) is 11.0. The number of amides is 1. The zero-order chi connectivity index (χ0) is 26.1. The van der Waals surface area contributed by atoms with E-state index in [9.17, 15) is 4.79 Å². The maximum atomic E-state index is 12.8. The zero-order valence-corrected chi connectivity index (χ0v) is 22.6. The van der Waals surface area contributed by atoms with Crippen molar-refractivity contribution >= 4 is 46.1 Å². The summed E-state index contributed by atoms with van der Waals surface area (Å²) >= 11 is 12.8. The van der Waals surface area contributed by atoms with Gasteiger partial charge in [-0.2, -0.15) is 0 Å². The average molecular weight is 550 g/mol. The molecule has 2 aromatic carbocycles. The lowest BCUT2D eigenvalue weighted by Crippen LogP contribution is -2.46. The maximum Gasteiger partial charge on any atom is 0.223 e. The first-order valence-corrected chi connectivity index (χ1v) is 14.1. The molecular formula is C29H30Cl2N6O. The molecule has 1 aliphatic carbocycles. The predicted octanol–water partition coefficient (Wildman–Crippen LogP) is 6.45. The minimum Gasteiger partial charge on any atom is -0.355 e. The second kappa shape index (κ2) is 10.9. The van der Waals surface area contributed by atoms with E-state index in [1.165, 1.54) is 19.3 Å². The van der Waals surface area contributed by atoms with Gasteiger partial charge in [0, 0.05) is 41.3 Å². The Morgan fingerprint density at radius 2 is 1.63 bits per heavy atom. The SMILES string of the molecule is O=C(NC1CCN(c2ncnc3c2nc(-c2ccccc2Cl)n3-c2ccc(Cl)cc2)CC1)C1CCCCC1. The summed E-state index contributed by atoms with van der Waals surface area (Å²) in [6.45, 7) is 1.58. The first-order valence-electron chi connectivity index (χ1n) is 13.4. The third-order valence-electron chi connectivity index (χ3n) is 7.74. The van der Waals surface area contributed by atoms with Crippen molar-refractivity contribution in [3.63, 3.8) is 0 Å². The van der Waals surface area contributed by atoms with E-state index in [1.54, 1.807) is 6.33 Å². The number of imidazole rings is 1. The van der Waals surface area contributed by atoms with E-state index in [2.05, 4.69) is 20.2 Å². The summed E-state index contributed by atoms with van der Waals surface area (Å²) < 4.78 is 2.01. The number of anilines is 1. The Morgan fingerprint density at radius 1 is 0.895 bits per heavy atom. The molecule has 2 aliphatic rings. The number of carbonyl (C=O) groups is 1. The number of nitrogens with one attached hydrogen (secondary N) is 1. The predicted molar refractivity (Wildman–Crippen MR) is 152 cm³/mol. The number of rotatable bonds is 5. The fraction of sp³-hybridized carbons (Fsp3) is 0.379. The standard InChI is InChI=1S/C29H30Cl2N6O/c30-20-10-12-22(13-11-20)37-26(23-8-4-5-9-24(23)31)35-25-27(32-18-33-28(25)37)36-16-14-21(15-17-36)34-29(38)19-6-2-1-3-7-19/h4-5,8-13,18-19,21H,1-3,6-7,14-17H2,(H,34,38). The molecule has 9 heteroatoms. The lowest BCUT2D eigenvalue weighted by atomic mass is 9.88. The van der Waals surface area contributed by atoms with Gasteiger partial charge in [-0.25, -0.2) is 15.0 Å². The van der Waals surface area contributed by atoms with Crippen molar-refractivity contribution in [2.24, 2.45) is 5.92 Å². The van der Waals surface area contributed by atoms with Crippen LogP contribution >= 0.6 is 23.2 Å². The van der Waals surface area contributed by atoms with Gasteiger partial charge in [-0.05, 0) is 62.1 Å². The van der Waals surface area contributed by atoms with Gasteiger partial charge < -0.3 is 10.2 Å². The van der Waals surface area contributed by atoms with Crippen LogP contribution in [0.15, 0.2) is 54.9 Å². The van der Waals surface area contributed by atoms with Crippen molar-refractivity contribution in [2.75, 3.05) is 18.0 Å². The largest absolute Gasteiger partial charge is 0.355 e. The minimum atomic E-state index is 0.184. The summed E-state index contributed by atoms with van der Waals surface area (Å²) in [6, 6.07) is 15.5. The van der Waals surface area contributed by atoms with Crippen LogP contribution in [-0.2, 0) is 4.79 Å². The van der Waals surface area contributed by atoms with Crippen molar-refractivity contribution in [3.8, 4) is 17.1 Å². The van der Waals surface area contributed by atoms with Gasteiger partial charge in [0.15, 0.2) is 17.0 Å². The summed E-state index contributed by atoms with van der Waals surface area (Å²) in [5, 5.41) is 4.59. The molecule has 1 saturated heterocycles. The number of piperidine rings is 1. The first-order chi connectivity index (χ1) is 18.6. The average Bonchev–Trinajstić information content (AvgIpc) is 3.34. The summed E-state index contributed by atoms with van der Waals surface area (Å²) in [7, 11) is 0. The van der Waals surface area contributed by atoms with Crippen LogP contribution in [0.4, 0.5) is 5.82 Å². The molecule has 0 bridgehead atoms. The van der Waals surface area contributed by atoms with Crippen LogP contribution in [0.3, 0.4) is 0 Å². The molecule has 4 aromatic rings. The zero-order valence-electron chi connectivity index (χ0n) is 21.1. The summed E-state index contributed by atoms with van der Waals surface area (Å²) in [4.78, 5) is 29.4. The lowest BCUT2D eigenvalue weighted by molar-refractivity contribution is -0.126. The van der Waals surface area contributed by atoms with Gasteiger partial charge in [0.2, 0.25) is 5.91 Å². The van der Waals surface area contributed by atoms with Crippen molar-refractivity contribution < 1.29 is 4.79 Å². The maximum absolute atomic E-state index is 12.8. The number of aromatic nitrogens is 4. The number of hydrogen-bond donors (Lipinski definition) is 1. The quantitative estimate of drug-likeness (QED) is 0.310. The monoisotopic (exact) mass is 548 g/mol. The highest BCUT2D eigenvalue weighted by Crippen LogP contribution is 2.35. The highest BCUT2D eigenvalue weighted by Gasteiger charge is 2.28. The molecule has 2 fully saturated rings. The summed E-state index contributed by atoms with van der Waals surface area (Å²) in [5.41, 5.74) is 3.14. The molecule has 196 valence electrons. The van der Waals surface area contributed by atoms with Gasteiger partial charge in [-0.3, -0.25) is 9.36 Å². The molecule has 0 radical (unpaired) electrons. The van der Waals surface area contributed by atoms with E-state index in [1.807, 2.05) is 53.1 Å². The smallest absolute Gasteiger partial charge is 0.223 e. The van der Waals surface area contributed by atoms with Gasteiger partial charge in [-0.1, -0.05) is 54.6 Å². The minimum absolute atomic E-state index is 0.184. The van der Waals surface area contributed by atoms with Crippen LogP contribution in [0.5, 0.6) is 0 Å². The van der Waals surface area contributed by atoms with Crippen molar-refractivity contribution in [1.82, 2.24) is 24.8 Å². The fourth-order valence-corrected chi connectivity index (χ4v) is 6.04. The number of benzene rings is 2. The van der Waals surface area contributed by atoms with E-state index < -0.39 is 0 Å². The number of hydrogen-bond acceptors (Lipinski definition) is 5. The van der Waals surface area contributed by atoms with Gasteiger partial charge in [0.05, 0.1) is 5.02 Å². The second-order valence-electron chi connectivity index (χ2n) is 10.2. The molecule has 3 heterocycles. The van der Waals surface area contributed by atoms with E-state index >= 15 is 0 Å². The van der Waals surface area contributed by atoms with Gasteiger partial charge >= 0.3 is 0 Å². The Hall–Kier alpha value is -3.16. The van der Waals surface area contributed by atoms with Gasteiger partial charge in [0.25, 0.3) is 0 Å². The van der Waals surface area contributed by atoms with Crippen molar-refractivity contribution in [2.45, 2.75) is 51.0 Å². The molecular weight excluding hydrogens is 519 g/mol. The van der Waals surface area contributed by atoms with Crippen LogP contribution in [0.1, 0.15) is 44.9 Å². The van der Waals surface area contributed by atoms with E-state index in [-0.39, 0.29) is 17.9 Å². The molecule has 6 rings (SSSR count). The summed E-state index contributed by atoms with van der Waals surface area (Å²) in [6.07, 6.45) is 8.97. The Morgan fingerprint density at radius 3 is 2.37 bits per heavy atom. The highest BCUT2D eigenvalue weighted by atomic mass is 35.5. The van der Waals surface area contributed by atoms with Gasteiger partial charge in [0.1, 0.15) is 12.2 Å². The Balaban J connectivity index is 1.30. The van der Waals surface area contributed by atoms with Crippen LogP contribution in [-0.4, -0.2) is 44.6 Å². The van der Waals surface area contributed by atoms with E-state index in [0.29, 0.717) is 21.5 Å². The molecule has 38 heavy (non-hydrogen) atoms. The first kappa shape index (κ1) is 25.1. The summed E-state index contributed by atoms with van der Waals surface area (Å²) in [5.74, 6) is 1.92. The lowest BCUT2D eigenvalue weighted by Gasteiger charge is -2.34. The third kappa shape index (κ3) is 4.97. The molecule has 1 amide bonds. The van der Waals surface area contributed by atoms with Crippen molar-refractivity contribution in [1.29, 1.82) is 0 Å². The highest BCUT2D eigenvalue weighted by molar-refractivity contribution is 6.33. The molecule has 0 atom stereocenters. The molecule has 1 N–H and O–H groups in total. The normalized spacial score (nSPS) is 17.2. The Bertz CT molecular complexity index is 1440. The molecule has 1 saturated carbocycles. The molecule has 1 aliphatic heterocycles. The number of halogens is 2. The number of fused-ring (bicyclic) bond motifs is 1.